The number of amides is 2. The summed E-state index contributed by atoms with van der Waals surface area (Å²) in [6.45, 7) is 2.41. The molecule has 0 spiro atoms. The van der Waals surface area contributed by atoms with E-state index >= 15 is 0 Å². The smallest absolute Gasteiger partial charge is 0.307 e. The van der Waals surface area contributed by atoms with Gasteiger partial charge >= 0.3 is 5.97 Å². The summed E-state index contributed by atoms with van der Waals surface area (Å²) in [5, 5.41) is 11.7. The number of nitrogens with zero attached hydrogens (tertiary/aromatic N) is 1. The highest BCUT2D eigenvalue weighted by Crippen LogP contribution is 2.34. The standard InChI is InChI=1S/C16H20N2O5/c1-2-3-8-17-14(19)10-18-11-6-4-5-7-12(11)23-13(16(18)22)9-15(20)21/h4-7,13H,2-3,8-10H2,1H3,(H,17,19)(H,20,21). The van der Waals surface area contributed by atoms with Gasteiger partial charge in [-0.1, -0.05) is 25.5 Å². The lowest BCUT2D eigenvalue weighted by atomic mass is 10.1. The molecule has 1 atom stereocenters. The number of carbonyl (C=O) groups is 3. The minimum Gasteiger partial charge on any atom is -0.481 e. The monoisotopic (exact) mass is 320 g/mol. The third kappa shape index (κ3) is 4.21. The van der Waals surface area contributed by atoms with Crippen molar-refractivity contribution in [2.75, 3.05) is 18.0 Å². The molecule has 1 aliphatic rings. The topological polar surface area (TPSA) is 95.9 Å². The van der Waals surface area contributed by atoms with Gasteiger partial charge in [0.15, 0.2) is 6.10 Å². The van der Waals surface area contributed by atoms with Gasteiger partial charge in [-0.2, -0.15) is 0 Å². The Bertz CT molecular complexity index is 602. The highest BCUT2D eigenvalue weighted by atomic mass is 16.5. The number of aliphatic carboxylic acids is 1. The number of benzene rings is 1. The van der Waals surface area contributed by atoms with E-state index in [1.54, 1.807) is 24.3 Å². The number of carboxylic acids is 1. The Morgan fingerprint density at radius 2 is 2.09 bits per heavy atom. The Balaban J connectivity index is 2.16. The zero-order valence-electron chi connectivity index (χ0n) is 12.9. The summed E-state index contributed by atoms with van der Waals surface area (Å²) in [5.74, 6) is -1.52. The summed E-state index contributed by atoms with van der Waals surface area (Å²) in [4.78, 5) is 36.6. The van der Waals surface area contributed by atoms with Crippen LogP contribution in [0.1, 0.15) is 26.2 Å². The molecule has 7 nitrogen and oxygen atoms in total. The van der Waals surface area contributed by atoms with Crippen LogP contribution in [0.5, 0.6) is 5.75 Å². The Morgan fingerprint density at radius 3 is 2.78 bits per heavy atom. The molecule has 1 aromatic carbocycles. The summed E-state index contributed by atoms with van der Waals surface area (Å²) in [6, 6.07) is 6.78. The van der Waals surface area contributed by atoms with Gasteiger partial charge in [-0.3, -0.25) is 19.3 Å². The summed E-state index contributed by atoms with van der Waals surface area (Å²) < 4.78 is 5.46. The average Bonchev–Trinajstić information content (AvgIpc) is 2.51. The van der Waals surface area contributed by atoms with E-state index in [2.05, 4.69) is 5.32 Å². The zero-order chi connectivity index (χ0) is 16.8. The molecule has 1 aromatic rings. The van der Waals surface area contributed by atoms with Crippen molar-refractivity contribution in [2.45, 2.75) is 32.3 Å². The number of carbonyl (C=O) groups excluding carboxylic acids is 2. The molecular formula is C16H20N2O5. The first kappa shape index (κ1) is 16.8. The highest BCUT2D eigenvalue weighted by Gasteiger charge is 2.36. The number of hydrogen-bond donors (Lipinski definition) is 2. The number of fused-ring (bicyclic) bond motifs is 1. The molecule has 1 heterocycles. The Labute approximate surface area is 134 Å². The predicted octanol–water partition coefficient (Wildman–Crippen LogP) is 1.17. The van der Waals surface area contributed by atoms with Crippen molar-refractivity contribution < 1.29 is 24.2 Å². The fourth-order valence-electron chi connectivity index (χ4n) is 2.33. The maximum atomic E-state index is 12.4. The molecule has 0 radical (unpaired) electrons. The van der Waals surface area contributed by atoms with Crippen molar-refractivity contribution in [2.24, 2.45) is 0 Å². The summed E-state index contributed by atoms with van der Waals surface area (Å²) in [5.41, 5.74) is 0.477. The number of nitrogens with one attached hydrogen (secondary N) is 1. The lowest BCUT2D eigenvalue weighted by Crippen LogP contribution is -2.50. The SMILES string of the molecule is CCCCNC(=O)CN1C(=O)C(CC(=O)O)Oc2ccccc21. The molecule has 1 unspecified atom stereocenters. The van der Waals surface area contributed by atoms with Gasteiger partial charge in [0.2, 0.25) is 5.91 Å². The van der Waals surface area contributed by atoms with Gasteiger partial charge in [-0.25, -0.2) is 0 Å². The highest BCUT2D eigenvalue weighted by molar-refractivity contribution is 6.04. The van der Waals surface area contributed by atoms with Crippen molar-refractivity contribution in [3.63, 3.8) is 0 Å². The molecule has 23 heavy (non-hydrogen) atoms. The molecule has 0 saturated carbocycles. The van der Waals surface area contributed by atoms with Gasteiger partial charge in [-0.15, -0.1) is 0 Å². The van der Waals surface area contributed by atoms with Gasteiger partial charge in [0.25, 0.3) is 5.91 Å². The average molecular weight is 320 g/mol. The number of hydrogen-bond acceptors (Lipinski definition) is 4. The molecule has 0 aliphatic carbocycles. The molecule has 0 aromatic heterocycles. The van der Waals surface area contributed by atoms with Crippen LogP contribution >= 0.6 is 0 Å². The molecule has 2 amide bonds. The third-order valence-electron chi connectivity index (χ3n) is 3.48. The molecule has 1 aliphatic heterocycles. The minimum atomic E-state index is -1.13. The van der Waals surface area contributed by atoms with Crippen molar-refractivity contribution in [3.05, 3.63) is 24.3 Å². The Morgan fingerprint density at radius 1 is 1.35 bits per heavy atom. The molecule has 0 bridgehead atoms. The van der Waals surface area contributed by atoms with Crippen LogP contribution in [-0.4, -0.2) is 42.1 Å². The van der Waals surface area contributed by atoms with Crippen LogP contribution < -0.4 is 15.0 Å². The lowest BCUT2D eigenvalue weighted by Gasteiger charge is -2.33. The van der Waals surface area contributed by atoms with E-state index in [0.717, 1.165) is 12.8 Å². The second kappa shape index (κ2) is 7.62. The van der Waals surface area contributed by atoms with Crippen molar-refractivity contribution in [1.29, 1.82) is 0 Å². The number of carboxylic acid groups (broad SMARTS) is 1. The normalized spacial score (nSPS) is 16.5. The van der Waals surface area contributed by atoms with Gasteiger partial charge in [-0.05, 0) is 18.6 Å². The van der Waals surface area contributed by atoms with E-state index in [0.29, 0.717) is 18.0 Å². The van der Waals surface area contributed by atoms with Crippen molar-refractivity contribution in [3.8, 4) is 5.75 Å². The Kier molecular flexibility index (Phi) is 5.56. The van der Waals surface area contributed by atoms with Gasteiger partial charge in [0, 0.05) is 6.54 Å². The third-order valence-corrected chi connectivity index (χ3v) is 3.48. The van der Waals surface area contributed by atoms with E-state index in [9.17, 15) is 14.4 Å². The number of unbranched alkanes of at least 4 members (excludes halogenated alkanes) is 1. The van der Waals surface area contributed by atoms with Gasteiger partial charge < -0.3 is 15.2 Å². The van der Waals surface area contributed by atoms with Crippen LogP contribution in [0, 0.1) is 0 Å². The molecule has 124 valence electrons. The van der Waals surface area contributed by atoms with E-state index in [1.165, 1.54) is 4.90 Å². The van der Waals surface area contributed by atoms with Crippen LogP contribution in [0.15, 0.2) is 24.3 Å². The number of anilines is 1. The van der Waals surface area contributed by atoms with Crippen LogP contribution in [0.25, 0.3) is 0 Å². The van der Waals surface area contributed by atoms with E-state index < -0.39 is 24.4 Å². The largest absolute Gasteiger partial charge is 0.481 e. The minimum absolute atomic E-state index is 0.154. The lowest BCUT2D eigenvalue weighted by molar-refractivity contribution is -0.142. The first-order valence-electron chi connectivity index (χ1n) is 7.58. The molecular weight excluding hydrogens is 300 g/mol. The first-order chi connectivity index (χ1) is 11.0. The summed E-state index contributed by atoms with van der Waals surface area (Å²) in [6.07, 6.45) is 0.258. The van der Waals surface area contributed by atoms with Crippen LogP contribution in [0.2, 0.25) is 0 Å². The zero-order valence-corrected chi connectivity index (χ0v) is 12.9. The second-order valence-electron chi connectivity index (χ2n) is 5.30. The van der Waals surface area contributed by atoms with E-state index in [1.807, 2.05) is 6.92 Å². The maximum absolute atomic E-state index is 12.4. The second-order valence-corrected chi connectivity index (χ2v) is 5.30. The fraction of sp³-hybridized carbons (Fsp3) is 0.438. The number of para-hydroxylation sites is 2. The molecule has 2 N–H and O–H groups in total. The van der Waals surface area contributed by atoms with Crippen LogP contribution in [-0.2, 0) is 14.4 Å². The predicted molar refractivity (Wildman–Crippen MR) is 83.4 cm³/mol. The quantitative estimate of drug-likeness (QED) is 0.735. The van der Waals surface area contributed by atoms with Crippen molar-refractivity contribution in [1.82, 2.24) is 5.32 Å². The van der Waals surface area contributed by atoms with Crippen LogP contribution in [0.4, 0.5) is 5.69 Å². The molecule has 2 rings (SSSR count). The molecule has 7 heteroatoms. The molecule has 0 fully saturated rings. The number of rotatable bonds is 7. The van der Waals surface area contributed by atoms with Gasteiger partial charge in [0.05, 0.1) is 12.1 Å². The number of ether oxygens (including phenoxy) is 1. The van der Waals surface area contributed by atoms with Crippen LogP contribution in [0.3, 0.4) is 0 Å². The van der Waals surface area contributed by atoms with Crippen molar-refractivity contribution >= 4 is 23.5 Å². The fourth-order valence-corrected chi connectivity index (χ4v) is 2.33. The molecule has 0 saturated heterocycles. The Hall–Kier alpha value is -2.57. The van der Waals surface area contributed by atoms with E-state index in [4.69, 9.17) is 9.84 Å². The summed E-state index contributed by atoms with van der Waals surface area (Å²) >= 11 is 0. The van der Waals surface area contributed by atoms with Gasteiger partial charge in [0.1, 0.15) is 12.3 Å². The first-order valence-corrected chi connectivity index (χ1v) is 7.58. The summed E-state index contributed by atoms with van der Waals surface area (Å²) in [7, 11) is 0. The maximum Gasteiger partial charge on any atom is 0.307 e. The van der Waals surface area contributed by atoms with E-state index in [-0.39, 0.29) is 12.5 Å².